The molecule has 0 radical (unpaired) electrons. The van der Waals surface area contributed by atoms with Crippen molar-refractivity contribution >= 4 is 5.43 Å². The molecule has 0 heterocycles. The minimum atomic E-state index is 0. The Kier molecular flexibility index (Phi) is 23.5. The van der Waals surface area contributed by atoms with Gasteiger partial charge in [0, 0.05) is 6.61 Å². The van der Waals surface area contributed by atoms with Gasteiger partial charge in [-0.25, -0.2) is 18.2 Å². The van der Waals surface area contributed by atoms with Crippen molar-refractivity contribution in [3.8, 4) is 0 Å². The molecule has 0 saturated heterocycles. The molecule has 2 rings (SSSR count). The zero-order chi connectivity index (χ0) is 12.9. The van der Waals surface area contributed by atoms with E-state index in [9.17, 15) is 0 Å². The third-order valence-electron chi connectivity index (χ3n) is 1.69. The van der Waals surface area contributed by atoms with Crippen LogP contribution in [0.2, 0.25) is 13.1 Å². The van der Waals surface area contributed by atoms with E-state index in [1.54, 1.807) is 23.3 Å². The summed E-state index contributed by atoms with van der Waals surface area (Å²) in [5.74, 6) is 0. The van der Waals surface area contributed by atoms with Crippen LogP contribution in [0.3, 0.4) is 0 Å². The van der Waals surface area contributed by atoms with Crippen LogP contribution in [0.15, 0.2) is 54.6 Å². The van der Waals surface area contributed by atoms with E-state index in [-0.39, 0.29) is 36.9 Å². The van der Waals surface area contributed by atoms with Crippen LogP contribution in [-0.2, 0) is 29.8 Å². The van der Waals surface area contributed by atoms with E-state index < -0.39 is 0 Å². The maximum atomic E-state index is 8.44. The van der Waals surface area contributed by atoms with Gasteiger partial charge in [-0.15, -0.1) is 0 Å². The summed E-state index contributed by atoms with van der Waals surface area (Å²) >= 11 is 1.74. The largest absolute Gasteiger partial charge is 1.00 e. The minimum absolute atomic E-state index is 0. The molecule has 19 heavy (non-hydrogen) atoms. The Labute approximate surface area is 144 Å². The summed E-state index contributed by atoms with van der Waals surface area (Å²) < 4.78 is 0. The molecule has 1 N–H and O–H groups in total. The van der Waals surface area contributed by atoms with Crippen molar-refractivity contribution in [2.45, 2.75) is 19.5 Å². The zero-order valence-electron chi connectivity index (χ0n) is 11.3. The van der Waals surface area contributed by atoms with Gasteiger partial charge in [0.15, 0.2) is 0 Å². The quantitative estimate of drug-likeness (QED) is 0.429. The van der Waals surface area contributed by atoms with Crippen LogP contribution in [0.5, 0.6) is 0 Å². The summed E-state index contributed by atoms with van der Waals surface area (Å²) in [6, 6.07) is 18.0. The summed E-state index contributed by atoms with van der Waals surface area (Å²) in [7, 11) is 0. The number of halogens is 2. The molecule has 2 aromatic rings. The van der Waals surface area contributed by atoms with Gasteiger partial charge >= 0.3 is 41.9 Å². The van der Waals surface area contributed by atoms with Crippen molar-refractivity contribution in [1.29, 1.82) is 0 Å². The molecule has 0 aliphatic carbocycles. The normalized spacial score (nSPS) is 7.63. The van der Waals surface area contributed by atoms with E-state index in [2.05, 4.69) is 13.1 Å². The molecule has 0 spiro atoms. The molecule has 1 nitrogen and oxygen atoms in total. The molecule has 0 aliphatic heterocycles. The molecule has 0 saturated carbocycles. The maximum Gasteiger partial charge on any atom is 0.0357 e. The standard InChI is InChI=1S/C7H9O.C5H5.C2H6Si.2ClH.Zr/c8-6-5-7-3-1-2-4-7;1-2-4-5-3-1;1-3-2;;;/h1-4,8H,5-6H2;1-5H;1-2H3;2*1H;/q2*-1;;;;+2/p-2. The molecule has 0 bridgehead atoms. The Bertz CT molecular complexity index is 339. The Morgan fingerprint density at radius 1 is 1.11 bits per heavy atom. The van der Waals surface area contributed by atoms with Crippen molar-refractivity contribution in [2.24, 2.45) is 0 Å². The van der Waals surface area contributed by atoms with Gasteiger partial charge < -0.3 is 29.9 Å². The molecule has 106 valence electrons. The third kappa shape index (κ3) is 20.8. The Balaban J connectivity index is -0.000000206. The van der Waals surface area contributed by atoms with Crippen LogP contribution in [0.4, 0.5) is 0 Å². The molecular formula is C14H20Cl2OSiZr-2. The summed E-state index contributed by atoms with van der Waals surface area (Å²) in [5, 5.41) is 8.44. The second kappa shape index (κ2) is 18.3. The van der Waals surface area contributed by atoms with E-state index in [4.69, 9.17) is 5.11 Å². The third-order valence-corrected chi connectivity index (χ3v) is 1.69. The number of aliphatic hydroxyl groups excluding tert-OH is 1. The number of hydrogen-bond donors (Lipinski definition) is 1. The smallest absolute Gasteiger partial charge is 0.0357 e. The zero-order valence-corrected chi connectivity index (χ0v) is 16.3. The van der Waals surface area contributed by atoms with Crippen LogP contribution >= 0.6 is 0 Å². The predicted molar refractivity (Wildman–Crippen MR) is 72.3 cm³/mol. The fourth-order valence-electron chi connectivity index (χ4n) is 1.03. The van der Waals surface area contributed by atoms with Gasteiger partial charge in [-0.2, -0.15) is 42.0 Å². The summed E-state index contributed by atoms with van der Waals surface area (Å²) in [4.78, 5) is 0. The monoisotopic (exact) mass is 392 g/mol. The molecule has 0 aliphatic rings. The van der Waals surface area contributed by atoms with Crippen molar-refractivity contribution < 1.29 is 53.3 Å². The molecule has 0 atom stereocenters. The molecule has 2 aromatic carbocycles. The minimum Gasteiger partial charge on any atom is -1.00 e. The SMILES string of the molecule is C[Si](C)=[Zr+2].OCCc1cc[cH-]c1.[Cl-].[Cl-].c1cc[cH-]c1. The average molecular weight is 395 g/mol. The first-order chi connectivity index (χ1) is 8.16. The topological polar surface area (TPSA) is 20.2 Å². The van der Waals surface area contributed by atoms with E-state index in [1.807, 2.05) is 54.6 Å². The van der Waals surface area contributed by atoms with Gasteiger partial charge in [-0.3, -0.25) is 0 Å². The summed E-state index contributed by atoms with van der Waals surface area (Å²) in [6.07, 6.45) is 0.785. The molecule has 5 heteroatoms. The van der Waals surface area contributed by atoms with E-state index in [1.165, 1.54) is 5.56 Å². The summed E-state index contributed by atoms with van der Waals surface area (Å²) in [6.45, 7) is 4.87. The van der Waals surface area contributed by atoms with Crippen molar-refractivity contribution in [3.05, 3.63) is 60.2 Å². The number of rotatable bonds is 2. The van der Waals surface area contributed by atoms with E-state index >= 15 is 0 Å². The molecule has 0 amide bonds. The Morgan fingerprint density at radius 3 is 1.89 bits per heavy atom. The van der Waals surface area contributed by atoms with Gasteiger partial charge in [0.25, 0.3) is 0 Å². The van der Waals surface area contributed by atoms with Crippen molar-refractivity contribution in [3.63, 3.8) is 0 Å². The first kappa shape index (κ1) is 24.4. The van der Waals surface area contributed by atoms with Crippen LogP contribution < -0.4 is 24.8 Å². The second-order valence-corrected chi connectivity index (χ2v) is 13.1. The van der Waals surface area contributed by atoms with Gasteiger partial charge in [0.2, 0.25) is 0 Å². The van der Waals surface area contributed by atoms with Crippen LogP contribution in [0, 0.1) is 0 Å². The van der Waals surface area contributed by atoms with Crippen molar-refractivity contribution in [2.75, 3.05) is 6.61 Å². The van der Waals surface area contributed by atoms with Gasteiger partial charge in [0.05, 0.1) is 0 Å². The van der Waals surface area contributed by atoms with Crippen LogP contribution in [-0.4, -0.2) is 17.1 Å². The second-order valence-electron chi connectivity index (χ2n) is 3.73. The van der Waals surface area contributed by atoms with E-state index in [0.717, 1.165) is 6.42 Å². The van der Waals surface area contributed by atoms with Crippen molar-refractivity contribution in [1.82, 2.24) is 0 Å². The average Bonchev–Trinajstić information content (AvgIpc) is 2.92. The van der Waals surface area contributed by atoms with Crippen LogP contribution in [0.25, 0.3) is 0 Å². The molecular weight excluding hydrogens is 374 g/mol. The summed E-state index contributed by atoms with van der Waals surface area (Å²) in [5.41, 5.74) is 1.43. The molecule has 0 unspecified atom stereocenters. The Hall–Kier alpha value is 0.340. The number of aliphatic hydroxyl groups is 1. The predicted octanol–water partition coefficient (Wildman–Crippen LogP) is -2.86. The maximum absolute atomic E-state index is 8.44. The van der Waals surface area contributed by atoms with Gasteiger partial charge in [0.1, 0.15) is 0 Å². The fraction of sp³-hybridized carbons (Fsp3) is 0.286. The molecule has 0 fully saturated rings. The first-order valence-corrected chi connectivity index (χ1v) is 11.9. The van der Waals surface area contributed by atoms with Crippen LogP contribution in [0.1, 0.15) is 5.56 Å². The number of hydrogen-bond acceptors (Lipinski definition) is 1. The molecule has 0 aromatic heterocycles. The van der Waals surface area contributed by atoms with E-state index in [0.29, 0.717) is 0 Å². The first-order valence-electron chi connectivity index (χ1n) is 5.66. The fourth-order valence-corrected chi connectivity index (χ4v) is 1.03. The Morgan fingerprint density at radius 2 is 1.63 bits per heavy atom. The van der Waals surface area contributed by atoms with Gasteiger partial charge in [-0.05, 0) is 0 Å². The van der Waals surface area contributed by atoms with Gasteiger partial charge in [-0.1, -0.05) is 6.42 Å².